The van der Waals surface area contributed by atoms with Crippen molar-refractivity contribution in [3.05, 3.63) is 58.4 Å². The predicted molar refractivity (Wildman–Crippen MR) is 104 cm³/mol. The Morgan fingerprint density at radius 1 is 1.20 bits per heavy atom. The van der Waals surface area contributed by atoms with E-state index in [1.165, 1.54) is 16.4 Å². The molecule has 0 spiro atoms. The average Bonchev–Trinajstić information content (AvgIpc) is 2.68. The highest BCUT2D eigenvalue weighted by molar-refractivity contribution is 7.89. The lowest BCUT2D eigenvalue weighted by Crippen LogP contribution is -2.44. The van der Waals surface area contributed by atoms with E-state index in [-0.39, 0.29) is 46.6 Å². The van der Waals surface area contributed by atoms with Crippen molar-refractivity contribution in [1.82, 2.24) is 4.31 Å². The first-order valence-corrected chi connectivity index (χ1v) is 10.8. The van der Waals surface area contributed by atoms with Crippen molar-refractivity contribution < 1.29 is 31.5 Å². The number of sulfonamides is 1. The van der Waals surface area contributed by atoms with Crippen LogP contribution in [0.2, 0.25) is 5.02 Å². The number of piperidine rings is 1. The monoisotopic (exact) mass is 462 g/mol. The van der Waals surface area contributed by atoms with E-state index in [1.54, 1.807) is 6.92 Å². The van der Waals surface area contributed by atoms with E-state index in [2.05, 4.69) is 5.32 Å². The zero-order chi connectivity index (χ0) is 22.2. The maximum atomic E-state index is 13.3. The number of nitrogens with zero attached hydrogens (tertiary/aromatic N) is 1. The molecule has 162 valence electrons. The van der Waals surface area contributed by atoms with Crippen LogP contribution in [0.1, 0.15) is 23.7 Å². The van der Waals surface area contributed by atoms with Crippen LogP contribution in [0.4, 0.5) is 18.9 Å². The third kappa shape index (κ3) is 4.46. The maximum Gasteiger partial charge on any atom is 0.255 e. The third-order valence-electron chi connectivity index (χ3n) is 4.88. The predicted octanol–water partition coefficient (Wildman–Crippen LogP) is 3.40. The van der Waals surface area contributed by atoms with Crippen molar-refractivity contribution in [1.29, 1.82) is 0 Å². The Labute approximate surface area is 176 Å². The van der Waals surface area contributed by atoms with E-state index >= 15 is 0 Å². The van der Waals surface area contributed by atoms with Crippen LogP contribution in [-0.2, 0) is 10.0 Å². The van der Waals surface area contributed by atoms with Gasteiger partial charge in [0.25, 0.3) is 5.91 Å². The summed E-state index contributed by atoms with van der Waals surface area (Å²) in [6.45, 7) is 1.90. The number of hydrogen-bond donors (Lipinski definition) is 2. The van der Waals surface area contributed by atoms with Gasteiger partial charge in [-0.3, -0.25) is 4.79 Å². The molecule has 30 heavy (non-hydrogen) atoms. The summed E-state index contributed by atoms with van der Waals surface area (Å²) in [5.41, 5.74) is -0.470. The van der Waals surface area contributed by atoms with Gasteiger partial charge < -0.3 is 10.4 Å². The Morgan fingerprint density at radius 3 is 2.43 bits per heavy atom. The number of carbonyl (C=O) groups excluding carboxylic acids is 1. The lowest BCUT2D eigenvalue weighted by molar-refractivity contribution is 0.0628. The second kappa shape index (κ2) is 8.54. The molecule has 2 atom stereocenters. The molecule has 1 fully saturated rings. The van der Waals surface area contributed by atoms with Gasteiger partial charge in [0.15, 0.2) is 17.5 Å². The van der Waals surface area contributed by atoms with Crippen LogP contribution in [0, 0.1) is 23.4 Å². The van der Waals surface area contributed by atoms with Crippen molar-refractivity contribution in [3.63, 3.8) is 0 Å². The highest BCUT2D eigenvalue weighted by Gasteiger charge is 2.34. The molecule has 2 N–H and O–H groups in total. The van der Waals surface area contributed by atoms with Crippen LogP contribution >= 0.6 is 11.6 Å². The molecule has 6 nitrogen and oxygen atoms in total. The van der Waals surface area contributed by atoms with Crippen molar-refractivity contribution in [2.24, 2.45) is 5.92 Å². The highest BCUT2D eigenvalue weighted by Crippen LogP contribution is 2.29. The van der Waals surface area contributed by atoms with Gasteiger partial charge in [-0.25, -0.2) is 21.6 Å². The molecule has 0 radical (unpaired) electrons. The summed E-state index contributed by atoms with van der Waals surface area (Å²) in [6.07, 6.45) is -0.347. The SMILES string of the molecule is CC1CN(S(=O)(=O)c2cc(C(=O)Nc3cc(F)c(F)c(F)c3)ccc2Cl)CCC1O. The molecule has 2 unspecified atom stereocenters. The fraction of sp³-hybridized carbons (Fsp3) is 0.316. The van der Waals surface area contributed by atoms with E-state index in [0.717, 1.165) is 6.07 Å². The van der Waals surface area contributed by atoms with Crippen LogP contribution in [0.15, 0.2) is 35.2 Å². The van der Waals surface area contributed by atoms with E-state index < -0.39 is 39.5 Å². The summed E-state index contributed by atoms with van der Waals surface area (Å²) < 4.78 is 66.9. The molecule has 2 aromatic rings. The van der Waals surface area contributed by atoms with Crippen molar-refractivity contribution in [3.8, 4) is 0 Å². The maximum absolute atomic E-state index is 13.3. The molecule has 0 saturated carbocycles. The Morgan fingerprint density at radius 2 is 1.83 bits per heavy atom. The zero-order valence-electron chi connectivity index (χ0n) is 15.7. The standard InChI is InChI=1S/C19H18ClF3N2O4S/c1-10-9-25(5-4-16(10)26)30(28,29)17-6-11(2-3-13(17)20)19(27)24-12-7-14(21)18(23)15(22)8-12/h2-3,6-8,10,16,26H,4-5,9H2,1H3,(H,24,27). The van der Waals surface area contributed by atoms with Crippen LogP contribution in [-0.4, -0.2) is 42.9 Å². The van der Waals surface area contributed by atoms with E-state index in [4.69, 9.17) is 11.6 Å². The summed E-state index contributed by atoms with van der Waals surface area (Å²) in [6, 6.07) is 4.72. The summed E-state index contributed by atoms with van der Waals surface area (Å²) in [7, 11) is -4.06. The van der Waals surface area contributed by atoms with Gasteiger partial charge >= 0.3 is 0 Å². The number of nitrogens with one attached hydrogen (secondary N) is 1. The van der Waals surface area contributed by atoms with Gasteiger partial charge in [-0.05, 0) is 30.5 Å². The van der Waals surface area contributed by atoms with E-state index in [1.807, 2.05) is 0 Å². The van der Waals surface area contributed by atoms with E-state index in [9.17, 15) is 31.5 Å². The van der Waals surface area contributed by atoms with Gasteiger partial charge in [-0.2, -0.15) is 4.31 Å². The molecule has 0 aromatic heterocycles. The number of aliphatic hydroxyl groups excluding tert-OH is 1. The van der Waals surface area contributed by atoms with E-state index in [0.29, 0.717) is 12.1 Å². The first-order valence-electron chi connectivity index (χ1n) is 8.94. The minimum atomic E-state index is -4.06. The van der Waals surface area contributed by atoms with Gasteiger partial charge in [0, 0.05) is 36.5 Å². The third-order valence-corrected chi connectivity index (χ3v) is 7.22. The lowest BCUT2D eigenvalue weighted by Gasteiger charge is -2.33. The molecule has 1 aliphatic rings. The molecule has 1 heterocycles. The van der Waals surface area contributed by atoms with Crippen LogP contribution in [0.25, 0.3) is 0 Å². The first kappa shape index (κ1) is 22.5. The second-order valence-electron chi connectivity index (χ2n) is 7.05. The van der Waals surface area contributed by atoms with Crippen molar-refractivity contribution in [2.45, 2.75) is 24.3 Å². The van der Waals surface area contributed by atoms with Gasteiger partial charge in [0.2, 0.25) is 10.0 Å². The van der Waals surface area contributed by atoms with Gasteiger partial charge in [-0.1, -0.05) is 18.5 Å². The fourth-order valence-corrected chi connectivity index (χ4v) is 5.18. The first-order chi connectivity index (χ1) is 14.0. The number of halogens is 4. The average molecular weight is 463 g/mol. The normalized spacial score (nSPS) is 20.2. The minimum absolute atomic E-state index is 0.0877. The summed E-state index contributed by atoms with van der Waals surface area (Å²) in [4.78, 5) is 12.1. The smallest absolute Gasteiger partial charge is 0.255 e. The summed E-state index contributed by atoms with van der Waals surface area (Å²) in [5.74, 6) is -5.77. The van der Waals surface area contributed by atoms with Crippen LogP contribution < -0.4 is 5.32 Å². The molecular formula is C19H18ClF3N2O4S. The molecular weight excluding hydrogens is 445 g/mol. The Balaban J connectivity index is 1.88. The van der Waals surface area contributed by atoms with Crippen molar-refractivity contribution in [2.75, 3.05) is 18.4 Å². The number of amides is 1. The molecule has 0 aliphatic carbocycles. The molecule has 0 bridgehead atoms. The number of benzene rings is 2. The zero-order valence-corrected chi connectivity index (χ0v) is 17.3. The van der Waals surface area contributed by atoms with Gasteiger partial charge in [0.05, 0.1) is 11.1 Å². The van der Waals surface area contributed by atoms with Crippen LogP contribution in [0.3, 0.4) is 0 Å². The Kier molecular flexibility index (Phi) is 6.42. The number of hydrogen-bond acceptors (Lipinski definition) is 4. The van der Waals surface area contributed by atoms with Gasteiger partial charge in [0.1, 0.15) is 4.90 Å². The number of carbonyl (C=O) groups is 1. The van der Waals surface area contributed by atoms with Crippen molar-refractivity contribution >= 4 is 33.2 Å². The molecule has 1 saturated heterocycles. The molecule has 1 aliphatic heterocycles. The number of aliphatic hydroxyl groups is 1. The Bertz CT molecular complexity index is 1070. The lowest BCUT2D eigenvalue weighted by atomic mass is 9.99. The number of anilines is 1. The topological polar surface area (TPSA) is 86.7 Å². The molecule has 11 heteroatoms. The molecule has 2 aromatic carbocycles. The van der Waals surface area contributed by atoms with Gasteiger partial charge in [-0.15, -0.1) is 0 Å². The molecule has 3 rings (SSSR count). The number of rotatable bonds is 4. The fourth-order valence-electron chi connectivity index (χ4n) is 3.13. The highest BCUT2D eigenvalue weighted by atomic mass is 35.5. The molecule has 1 amide bonds. The summed E-state index contributed by atoms with van der Waals surface area (Å²) in [5, 5.41) is 11.9. The summed E-state index contributed by atoms with van der Waals surface area (Å²) >= 11 is 6.06. The Hall–Kier alpha value is -2.14. The second-order valence-corrected chi connectivity index (χ2v) is 9.36. The minimum Gasteiger partial charge on any atom is -0.393 e. The quantitative estimate of drug-likeness (QED) is 0.682. The largest absolute Gasteiger partial charge is 0.393 e. The van der Waals surface area contributed by atoms with Crippen LogP contribution in [0.5, 0.6) is 0 Å².